The fraction of sp³-hybridized carbons (Fsp3) is 0.500. The minimum absolute atomic E-state index is 0.168. The number of aromatic nitrogens is 4. The lowest BCUT2D eigenvalue weighted by molar-refractivity contribution is -0.131. The van der Waals surface area contributed by atoms with Crippen LogP contribution in [0.1, 0.15) is 49.1 Å². The molecule has 1 fully saturated rings. The molecule has 1 saturated heterocycles. The largest absolute Gasteiger partial charge is 0.361 e. The summed E-state index contributed by atoms with van der Waals surface area (Å²) >= 11 is 0. The maximum atomic E-state index is 12.6. The van der Waals surface area contributed by atoms with Crippen molar-refractivity contribution in [3.8, 4) is 11.4 Å². The first-order valence-corrected chi connectivity index (χ1v) is 10.7. The van der Waals surface area contributed by atoms with E-state index in [2.05, 4.69) is 25.2 Å². The number of aryl methyl sites for hydroxylation is 2. The molecule has 0 radical (unpaired) electrons. The quantitative estimate of drug-likeness (QED) is 0.595. The molecule has 4 rings (SSSR count). The van der Waals surface area contributed by atoms with Crippen LogP contribution in [0.2, 0.25) is 0 Å². The smallest absolute Gasteiger partial charge is 0.229 e. The van der Waals surface area contributed by atoms with E-state index in [4.69, 9.17) is 9.05 Å². The summed E-state index contributed by atoms with van der Waals surface area (Å²) in [6.07, 6.45) is 2.90. The third-order valence-corrected chi connectivity index (χ3v) is 5.67. The van der Waals surface area contributed by atoms with Crippen LogP contribution < -0.4 is 4.90 Å². The SMILES string of the molecule is Cc1noc(C)c1CCC(=O)N1CCN(c2ccc(-c3noc(C(C)C)n3)cn2)CC1. The Hall–Kier alpha value is -3.23. The molecule has 0 aliphatic carbocycles. The van der Waals surface area contributed by atoms with Crippen LogP contribution in [0.4, 0.5) is 5.82 Å². The summed E-state index contributed by atoms with van der Waals surface area (Å²) in [6, 6.07) is 3.92. The lowest BCUT2D eigenvalue weighted by Gasteiger charge is -2.35. The lowest BCUT2D eigenvalue weighted by atomic mass is 10.1. The van der Waals surface area contributed by atoms with Crippen LogP contribution in [0.25, 0.3) is 11.4 Å². The molecule has 1 amide bonds. The Kier molecular flexibility index (Phi) is 6.01. The molecule has 0 unspecified atom stereocenters. The first kappa shape index (κ1) is 21.0. The predicted octanol–water partition coefficient (Wildman–Crippen LogP) is 3.14. The van der Waals surface area contributed by atoms with E-state index in [1.807, 2.05) is 44.7 Å². The number of piperazine rings is 1. The summed E-state index contributed by atoms with van der Waals surface area (Å²) in [5, 5.41) is 7.99. The molecular formula is C22H28N6O3. The van der Waals surface area contributed by atoms with Crippen molar-refractivity contribution in [2.75, 3.05) is 31.1 Å². The van der Waals surface area contributed by atoms with Gasteiger partial charge in [0.15, 0.2) is 0 Å². The van der Waals surface area contributed by atoms with E-state index in [0.717, 1.165) is 41.5 Å². The van der Waals surface area contributed by atoms with Gasteiger partial charge in [0.25, 0.3) is 0 Å². The molecule has 9 nitrogen and oxygen atoms in total. The van der Waals surface area contributed by atoms with Crippen LogP contribution in [-0.4, -0.2) is 57.3 Å². The van der Waals surface area contributed by atoms with Gasteiger partial charge in [0, 0.05) is 55.8 Å². The van der Waals surface area contributed by atoms with Crippen LogP contribution in [0.5, 0.6) is 0 Å². The molecule has 31 heavy (non-hydrogen) atoms. The number of hydrogen-bond donors (Lipinski definition) is 0. The van der Waals surface area contributed by atoms with E-state index in [1.165, 1.54) is 0 Å². The van der Waals surface area contributed by atoms with E-state index in [0.29, 0.717) is 37.6 Å². The van der Waals surface area contributed by atoms with Gasteiger partial charge in [-0.05, 0) is 32.4 Å². The first-order chi connectivity index (χ1) is 14.9. The minimum atomic E-state index is 0.168. The van der Waals surface area contributed by atoms with Gasteiger partial charge >= 0.3 is 0 Å². The molecule has 0 atom stereocenters. The Morgan fingerprint density at radius 3 is 2.45 bits per heavy atom. The zero-order valence-electron chi connectivity index (χ0n) is 18.5. The first-order valence-electron chi connectivity index (χ1n) is 10.7. The Morgan fingerprint density at radius 2 is 1.87 bits per heavy atom. The van der Waals surface area contributed by atoms with Crippen LogP contribution in [0.3, 0.4) is 0 Å². The predicted molar refractivity (Wildman–Crippen MR) is 115 cm³/mol. The minimum Gasteiger partial charge on any atom is -0.361 e. The van der Waals surface area contributed by atoms with Crippen LogP contribution in [0.15, 0.2) is 27.4 Å². The van der Waals surface area contributed by atoms with Crippen LogP contribution in [0, 0.1) is 13.8 Å². The number of anilines is 1. The second kappa shape index (κ2) is 8.87. The van der Waals surface area contributed by atoms with Crippen molar-refractivity contribution in [1.82, 2.24) is 25.2 Å². The van der Waals surface area contributed by atoms with Crippen molar-refractivity contribution >= 4 is 11.7 Å². The molecule has 3 aromatic rings. The summed E-state index contributed by atoms with van der Waals surface area (Å²) in [4.78, 5) is 25.7. The fourth-order valence-corrected chi connectivity index (χ4v) is 3.73. The van der Waals surface area contributed by atoms with Crippen molar-refractivity contribution in [3.05, 3.63) is 41.2 Å². The Bertz CT molecular complexity index is 1010. The van der Waals surface area contributed by atoms with Gasteiger partial charge in [-0.1, -0.05) is 24.2 Å². The summed E-state index contributed by atoms with van der Waals surface area (Å²) in [5.74, 6) is 3.22. The molecule has 3 aromatic heterocycles. The van der Waals surface area contributed by atoms with Crippen molar-refractivity contribution in [1.29, 1.82) is 0 Å². The highest BCUT2D eigenvalue weighted by Gasteiger charge is 2.23. The molecule has 9 heteroatoms. The number of rotatable bonds is 6. The average molecular weight is 425 g/mol. The zero-order chi connectivity index (χ0) is 22.0. The Morgan fingerprint density at radius 1 is 1.10 bits per heavy atom. The van der Waals surface area contributed by atoms with E-state index in [1.54, 1.807) is 6.20 Å². The van der Waals surface area contributed by atoms with Crippen LogP contribution in [-0.2, 0) is 11.2 Å². The van der Waals surface area contributed by atoms with Gasteiger partial charge in [0.2, 0.25) is 17.6 Å². The van der Waals surface area contributed by atoms with E-state index in [9.17, 15) is 4.79 Å². The summed E-state index contributed by atoms with van der Waals surface area (Å²) in [7, 11) is 0. The number of carbonyl (C=O) groups excluding carboxylic acids is 1. The molecule has 1 aliphatic heterocycles. The number of amides is 1. The molecule has 0 N–H and O–H groups in total. The van der Waals surface area contributed by atoms with Crippen molar-refractivity contribution < 1.29 is 13.8 Å². The van der Waals surface area contributed by atoms with E-state index in [-0.39, 0.29) is 11.8 Å². The van der Waals surface area contributed by atoms with E-state index < -0.39 is 0 Å². The van der Waals surface area contributed by atoms with Crippen LogP contribution >= 0.6 is 0 Å². The standard InChI is InChI=1S/C22H28N6O3/c1-14(2)22-24-21(26-31-22)17-5-7-19(23-13-17)27-9-11-28(12-10-27)20(29)8-6-18-15(3)25-30-16(18)4/h5,7,13-14H,6,8-12H2,1-4H3. The van der Waals surface area contributed by atoms with E-state index >= 15 is 0 Å². The fourth-order valence-electron chi connectivity index (χ4n) is 3.73. The van der Waals surface area contributed by atoms with Gasteiger partial charge in [-0.3, -0.25) is 4.79 Å². The second-order valence-corrected chi connectivity index (χ2v) is 8.19. The van der Waals surface area contributed by atoms with Crippen molar-refractivity contribution in [2.24, 2.45) is 0 Å². The number of carbonyl (C=O) groups is 1. The molecule has 0 bridgehead atoms. The normalized spacial score (nSPS) is 14.5. The van der Waals surface area contributed by atoms with Crippen molar-refractivity contribution in [3.63, 3.8) is 0 Å². The summed E-state index contributed by atoms with van der Waals surface area (Å²) in [5.41, 5.74) is 2.73. The van der Waals surface area contributed by atoms with Gasteiger partial charge in [-0.2, -0.15) is 4.98 Å². The van der Waals surface area contributed by atoms with Gasteiger partial charge < -0.3 is 18.8 Å². The topological polar surface area (TPSA) is 101 Å². The third-order valence-electron chi connectivity index (χ3n) is 5.67. The molecule has 0 saturated carbocycles. The molecule has 0 spiro atoms. The highest BCUT2D eigenvalue weighted by atomic mass is 16.5. The van der Waals surface area contributed by atoms with Crippen molar-refractivity contribution in [2.45, 2.75) is 46.5 Å². The van der Waals surface area contributed by atoms with Gasteiger partial charge in [0.1, 0.15) is 11.6 Å². The summed E-state index contributed by atoms with van der Waals surface area (Å²) < 4.78 is 10.5. The number of nitrogens with zero attached hydrogens (tertiary/aromatic N) is 6. The van der Waals surface area contributed by atoms with Gasteiger partial charge in [-0.25, -0.2) is 4.98 Å². The van der Waals surface area contributed by atoms with Gasteiger partial charge in [-0.15, -0.1) is 0 Å². The maximum Gasteiger partial charge on any atom is 0.229 e. The highest BCUT2D eigenvalue weighted by molar-refractivity contribution is 5.77. The number of hydrogen-bond acceptors (Lipinski definition) is 8. The Labute approximate surface area is 181 Å². The molecule has 164 valence electrons. The monoisotopic (exact) mass is 424 g/mol. The molecule has 4 heterocycles. The second-order valence-electron chi connectivity index (χ2n) is 8.19. The summed E-state index contributed by atoms with van der Waals surface area (Å²) in [6.45, 7) is 10.7. The zero-order valence-corrected chi connectivity index (χ0v) is 18.5. The maximum absolute atomic E-state index is 12.6. The molecular weight excluding hydrogens is 396 g/mol. The molecule has 1 aliphatic rings. The number of pyridine rings is 1. The highest BCUT2D eigenvalue weighted by Crippen LogP contribution is 2.22. The Balaban J connectivity index is 1.30. The molecule has 0 aromatic carbocycles. The third kappa shape index (κ3) is 4.60. The van der Waals surface area contributed by atoms with Gasteiger partial charge in [0.05, 0.1) is 5.69 Å². The lowest BCUT2D eigenvalue weighted by Crippen LogP contribution is -2.49. The average Bonchev–Trinajstić information content (AvgIpc) is 3.40.